The Hall–Kier alpha value is -1.04. The van der Waals surface area contributed by atoms with Crippen molar-refractivity contribution < 1.29 is 19.8 Å². The zero-order valence-corrected chi connectivity index (χ0v) is 33.1. The molecule has 0 heterocycles. The van der Waals surface area contributed by atoms with Gasteiger partial charge >= 0.3 is 23.9 Å². The third kappa shape index (κ3) is 47.5. The van der Waals surface area contributed by atoms with Crippen LogP contribution in [0.25, 0.3) is 0 Å². The van der Waals surface area contributed by atoms with E-state index in [9.17, 15) is 19.8 Å². The molecule has 0 N–H and O–H groups in total. The number of rotatable bonds is 25. The molecule has 0 aliphatic heterocycles. The molecule has 1 aromatic carbocycles. The van der Waals surface area contributed by atoms with E-state index in [2.05, 4.69) is 34.6 Å². The summed E-state index contributed by atoms with van der Waals surface area (Å²) in [7, 11) is 0. The van der Waals surface area contributed by atoms with Crippen LogP contribution in [-0.4, -0.2) is 35.8 Å². The first kappa shape index (κ1) is 50.8. The second-order valence-electron chi connectivity index (χ2n) is 11.9. The molecular formula is C40H72O4Sn. The van der Waals surface area contributed by atoms with Crippen LogP contribution in [0.2, 0.25) is 0 Å². The van der Waals surface area contributed by atoms with Crippen molar-refractivity contribution in [2.75, 3.05) is 0 Å². The van der Waals surface area contributed by atoms with Gasteiger partial charge in [-0.3, -0.25) is 0 Å². The maximum Gasteiger partial charge on any atom is 2.00 e. The molecule has 0 spiro atoms. The van der Waals surface area contributed by atoms with Crippen LogP contribution >= 0.6 is 0 Å². The number of aryl methyl sites for hydroxylation is 1. The van der Waals surface area contributed by atoms with Crippen LogP contribution in [0.3, 0.4) is 0 Å². The summed E-state index contributed by atoms with van der Waals surface area (Å²) in [6.45, 7) is 15.7. The summed E-state index contributed by atoms with van der Waals surface area (Å²) >= 11 is 0. The molecule has 1 aromatic rings. The number of hydrogen-bond donors (Lipinski definition) is 0. The van der Waals surface area contributed by atoms with Crippen LogP contribution < -0.4 is 10.2 Å². The van der Waals surface area contributed by atoms with Crippen molar-refractivity contribution in [3.05, 3.63) is 49.2 Å². The number of aliphatic carboxylic acids is 1. The van der Waals surface area contributed by atoms with Gasteiger partial charge in [0.2, 0.25) is 0 Å². The van der Waals surface area contributed by atoms with Gasteiger partial charge in [0, 0.05) is 5.97 Å². The Balaban J connectivity index is -0.000000342. The summed E-state index contributed by atoms with van der Waals surface area (Å²) in [6, 6.07) is 6.79. The van der Waals surface area contributed by atoms with E-state index in [0.717, 1.165) is 37.7 Å². The van der Waals surface area contributed by atoms with Crippen LogP contribution in [-0.2, 0) is 11.2 Å². The fourth-order valence-electron chi connectivity index (χ4n) is 4.44. The number of carboxylic acid groups (broad SMARTS) is 2. The zero-order valence-electron chi connectivity index (χ0n) is 30.2. The van der Waals surface area contributed by atoms with Gasteiger partial charge in [0.05, 0.1) is 5.97 Å². The summed E-state index contributed by atoms with van der Waals surface area (Å²) in [6.07, 6.45) is 32.6. The van der Waals surface area contributed by atoms with E-state index in [1.807, 2.05) is 13.0 Å². The molecule has 0 aliphatic carbocycles. The molecule has 0 saturated carbocycles. The molecule has 4 nitrogen and oxygen atoms in total. The number of hydrogen-bond acceptors (Lipinski definition) is 4. The molecule has 0 bridgehead atoms. The average molecular weight is 736 g/mol. The van der Waals surface area contributed by atoms with E-state index in [-0.39, 0.29) is 35.9 Å². The van der Waals surface area contributed by atoms with Gasteiger partial charge in [-0.1, -0.05) is 207 Å². The van der Waals surface area contributed by atoms with E-state index in [0.29, 0.717) is 0 Å². The summed E-state index contributed by atoms with van der Waals surface area (Å²) in [5.41, 5.74) is 1.27. The Bertz CT molecular complexity index is 699. The maximum atomic E-state index is 10.4. The third-order valence-corrected chi connectivity index (χ3v) is 7.51. The molecule has 0 atom stereocenters. The minimum absolute atomic E-state index is 0. The van der Waals surface area contributed by atoms with Gasteiger partial charge in [-0.2, -0.15) is 0 Å². The van der Waals surface area contributed by atoms with Crippen molar-refractivity contribution in [3.63, 3.8) is 0 Å². The van der Waals surface area contributed by atoms with Crippen molar-refractivity contribution in [3.8, 4) is 0 Å². The summed E-state index contributed by atoms with van der Waals surface area (Å²) in [5, 5.41) is 20.6. The predicted octanol–water partition coefficient (Wildman–Crippen LogP) is 10.4. The Morgan fingerprint density at radius 1 is 0.556 bits per heavy atom. The maximum absolute atomic E-state index is 10.4. The van der Waals surface area contributed by atoms with Crippen LogP contribution in [0.15, 0.2) is 24.3 Å². The minimum Gasteiger partial charge on any atom is -0.550 e. The van der Waals surface area contributed by atoms with Crippen molar-refractivity contribution in [1.29, 1.82) is 0 Å². The number of unbranched alkanes of at least 4 members (excludes halogenated alkanes) is 21. The molecular weight excluding hydrogens is 663 g/mol. The fourth-order valence-corrected chi connectivity index (χ4v) is 4.44. The van der Waals surface area contributed by atoms with Crippen LogP contribution in [0.1, 0.15) is 204 Å². The van der Waals surface area contributed by atoms with Gasteiger partial charge in [0.25, 0.3) is 0 Å². The van der Waals surface area contributed by atoms with Crippen molar-refractivity contribution in [2.45, 2.75) is 195 Å². The Labute approximate surface area is 298 Å². The van der Waals surface area contributed by atoms with Crippen molar-refractivity contribution in [1.82, 2.24) is 0 Å². The molecule has 0 fully saturated rings. The van der Waals surface area contributed by atoms with Gasteiger partial charge in [-0.05, 0) is 36.5 Å². The molecule has 0 saturated heterocycles. The molecule has 0 unspecified atom stereocenters. The van der Waals surface area contributed by atoms with Crippen LogP contribution in [0.5, 0.6) is 0 Å². The summed E-state index contributed by atoms with van der Waals surface area (Å²) in [5.74, 6) is -2.01. The standard InChI is InChI=1S/C23H46O2.C9H10O2.2C4H9.Sn/c1-2-3-4-5-6-7-8-9-10-11-12-13-14-15-16-17-18-19-20-21-22-23(24)25;1-2-7-4-3-5-8(6-7)9(10)11;2*1-3-4-2;/h2-22H2,1H3,(H,24,25);3-6H,2H2,1H3,(H,10,11);2*1,3-4H2,2H3;/q;;;;+2/p-2. The smallest absolute Gasteiger partial charge is 0.550 e. The normalized spacial score (nSPS) is 9.82. The van der Waals surface area contributed by atoms with Gasteiger partial charge in [0.1, 0.15) is 0 Å². The quantitative estimate of drug-likeness (QED) is 0.0740. The topological polar surface area (TPSA) is 80.3 Å². The molecule has 45 heavy (non-hydrogen) atoms. The number of aromatic carboxylic acids is 1. The molecule has 4 radical (unpaired) electrons. The van der Waals surface area contributed by atoms with E-state index < -0.39 is 11.9 Å². The first-order chi connectivity index (χ1) is 21.3. The minimum atomic E-state index is -1.11. The van der Waals surface area contributed by atoms with E-state index >= 15 is 0 Å². The predicted molar refractivity (Wildman–Crippen MR) is 194 cm³/mol. The number of carbonyl (C=O) groups excluding carboxylic acids is 2. The number of carbonyl (C=O) groups is 2. The Kier molecular flexibility index (Phi) is 50.9. The first-order valence-corrected chi connectivity index (χ1v) is 18.4. The van der Waals surface area contributed by atoms with Gasteiger partial charge in [-0.25, -0.2) is 0 Å². The van der Waals surface area contributed by atoms with Crippen LogP contribution in [0, 0.1) is 13.8 Å². The Morgan fingerprint density at radius 2 is 0.889 bits per heavy atom. The monoisotopic (exact) mass is 736 g/mol. The molecule has 1 rings (SSSR count). The second-order valence-corrected chi connectivity index (χ2v) is 11.9. The van der Waals surface area contributed by atoms with E-state index in [1.165, 1.54) is 134 Å². The zero-order chi connectivity index (χ0) is 33.5. The molecule has 0 aliphatic rings. The SMILES string of the molecule is CCCCCCCCCCCCCCCCCCCCCCC(=O)[O-].CCc1cccc(C(=O)[O-])c1.[CH2]CCC.[CH2]CCC.[Sn+2]. The van der Waals surface area contributed by atoms with Crippen molar-refractivity contribution >= 4 is 35.8 Å². The van der Waals surface area contributed by atoms with Crippen molar-refractivity contribution in [2.24, 2.45) is 0 Å². The van der Waals surface area contributed by atoms with Gasteiger partial charge in [0.15, 0.2) is 0 Å². The third-order valence-electron chi connectivity index (χ3n) is 7.51. The van der Waals surface area contributed by atoms with E-state index in [1.54, 1.807) is 12.1 Å². The van der Waals surface area contributed by atoms with Crippen LogP contribution in [0.4, 0.5) is 0 Å². The first-order valence-electron chi connectivity index (χ1n) is 18.4. The summed E-state index contributed by atoms with van der Waals surface area (Å²) < 4.78 is 0. The summed E-state index contributed by atoms with van der Waals surface area (Å²) in [4.78, 5) is 20.6. The largest absolute Gasteiger partial charge is 2.00 e. The van der Waals surface area contributed by atoms with E-state index in [4.69, 9.17) is 0 Å². The van der Waals surface area contributed by atoms with Gasteiger partial charge in [-0.15, -0.1) is 0 Å². The Morgan fingerprint density at radius 3 is 1.16 bits per heavy atom. The molecule has 5 heteroatoms. The molecule has 260 valence electrons. The average Bonchev–Trinajstić information content (AvgIpc) is 3.04. The number of carboxylic acids is 2. The molecule has 0 amide bonds. The number of benzene rings is 1. The second kappa shape index (κ2) is 45.1. The fraction of sp³-hybridized carbons (Fsp3) is 0.750. The molecule has 0 aromatic heterocycles. The van der Waals surface area contributed by atoms with Gasteiger partial charge < -0.3 is 19.8 Å².